The molecule has 0 spiro atoms. The van der Waals surface area contributed by atoms with Crippen molar-refractivity contribution in [2.24, 2.45) is 0 Å². The number of methoxy groups -OCH3 is 1. The molecule has 1 atom stereocenters. The van der Waals surface area contributed by atoms with E-state index in [4.69, 9.17) is 9.47 Å². The van der Waals surface area contributed by atoms with Gasteiger partial charge in [-0.05, 0) is 70.8 Å². The van der Waals surface area contributed by atoms with Gasteiger partial charge in [0.1, 0.15) is 6.10 Å². The van der Waals surface area contributed by atoms with E-state index >= 15 is 0 Å². The number of hydrogen-bond acceptors (Lipinski definition) is 5. The van der Waals surface area contributed by atoms with Crippen molar-refractivity contribution in [3.63, 3.8) is 0 Å². The molecule has 0 saturated carbocycles. The first-order valence-corrected chi connectivity index (χ1v) is 11.1. The van der Waals surface area contributed by atoms with E-state index in [0.717, 1.165) is 45.4 Å². The quantitative estimate of drug-likeness (QED) is 0.723. The summed E-state index contributed by atoms with van der Waals surface area (Å²) >= 11 is 0. The molecule has 0 radical (unpaired) electrons. The number of piperidine rings is 1. The van der Waals surface area contributed by atoms with Gasteiger partial charge in [-0.15, -0.1) is 0 Å². The molecule has 2 aliphatic heterocycles. The molecule has 1 aromatic carbocycles. The molecule has 1 unspecified atom stereocenters. The smallest absolute Gasteiger partial charge is 0.251 e. The van der Waals surface area contributed by atoms with E-state index in [2.05, 4.69) is 35.9 Å². The fourth-order valence-electron chi connectivity index (χ4n) is 4.45. The summed E-state index contributed by atoms with van der Waals surface area (Å²) in [7, 11) is 1.64. The third kappa shape index (κ3) is 5.64. The fourth-order valence-corrected chi connectivity index (χ4v) is 4.45. The predicted molar refractivity (Wildman–Crippen MR) is 116 cm³/mol. The van der Waals surface area contributed by atoms with Crippen LogP contribution in [-0.2, 0) is 0 Å². The Kier molecular flexibility index (Phi) is 7.78. The van der Waals surface area contributed by atoms with E-state index in [9.17, 15) is 4.79 Å². The Balaban J connectivity index is 1.60. The molecule has 29 heavy (non-hydrogen) atoms. The Labute approximate surface area is 175 Å². The van der Waals surface area contributed by atoms with Gasteiger partial charge < -0.3 is 19.7 Å². The summed E-state index contributed by atoms with van der Waals surface area (Å²) in [4.78, 5) is 17.6. The lowest BCUT2D eigenvalue weighted by atomic mass is 10.1. The van der Waals surface area contributed by atoms with Crippen LogP contribution in [-0.4, -0.2) is 73.7 Å². The Hall–Kier alpha value is -1.79. The van der Waals surface area contributed by atoms with Crippen molar-refractivity contribution < 1.29 is 14.3 Å². The molecule has 162 valence electrons. The second kappa shape index (κ2) is 10.3. The van der Waals surface area contributed by atoms with Gasteiger partial charge in [0, 0.05) is 37.3 Å². The topological polar surface area (TPSA) is 54.0 Å². The van der Waals surface area contributed by atoms with Gasteiger partial charge in [0.2, 0.25) is 0 Å². The van der Waals surface area contributed by atoms with E-state index in [0.29, 0.717) is 35.7 Å². The van der Waals surface area contributed by atoms with Gasteiger partial charge in [0.15, 0.2) is 11.5 Å². The highest BCUT2D eigenvalue weighted by Crippen LogP contribution is 2.31. The van der Waals surface area contributed by atoms with Crippen LogP contribution in [0.3, 0.4) is 0 Å². The zero-order chi connectivity index (χ0) is 20.8. The molecule has 0 aliphatic carbocycles. The minimum Gasteiger partial charge on any atom is -0.493 e. The number of likely N-dealkylation sites (N-methyl/N-ethyl adjacent to an activating group) is 1. The number of nitrogens with one attached hydrogen (secondary N) is 1. The summed E-state index contributed by atoms with van der Waals surface area (Å²) in [6.45, 7) is 11.6. The average Bonchev–Trinajstić information content (AvgIpc) is 3.20. The third-order valence-corrected chi connectivity index (χ3v) is 6.33. The standard InChI is InChI=1S/C23H37N3O3/c1-5-25-12-6-7-19(25)16-24-23(27)18-8-9-21(28-4)22(15-18)29-20-10-13-26(14-11-20)17(2)3/h8-9,15,17,19-20H,5-7,10-14,16H2,1-4H3,(H,24,27). The number of carbonyl (C=O) groups is 1. The van der Waals surface area contributed by atoms with Crippen LogP contribution < -0.4 is 14.8 Å². The number of rotatable bonds is 8. The zero-order valence-corrected chi connectivity index (χ0v) is 18.4. The highest BCUT2D eigenvalue weighted by Gasteiger charge is 2.25. The minimum absolute atomic E-state index is 0.0462. The maximum Gasteiger partial charge on any atom is 0.251 e. The summed E-state index contributed by atoms with van der Waals surface area (Å²) < 4.78 is 11.7. The van der Waals surface area contributed by atoms with Crippen LogP contribution in [0.15, 0.2) is 18.2 Å². The van der Waals surface area contributed by atoms with Crippen LogP contribution in [0.1, 0.15) is 56.8 Å². The lowest BCUT2D eigenvalue weighted by molar-refractivity contribution is 0.0818. The van der Waals surface area contributed by atoms with Crippen molar-refractivity contribution in [3.05, 3.63) is 23.8 Å². The van der Waals surface area contributed by atoms with Crippen molar-refractivity contribution in [1.29, 1.82) is 0 Å². The number of hydrogen-bond donors (Lipinski definition) is 1. The van der Waals surface area contributed by atoms with Gasteiger partial charge >= 0.3 is 0 Å². The van der Waals surface area contributed by atoms with Crippen LogP contribution in [0.2, 0.25) is 0 Å². The first-order valence-electron chi connectivity index (χ1n) is 11.1. The molecular weight excluding hydrogens is 366 g/mol. The fraction of sp³-hybridized carbons (Fsp3) is 0.696. The van der Waals surface area contributed by atoms with Gasteiger partial charge in [-0.2, -0.15) is 0 Å². The molecule has 2 heterocycles. The van der Waals surface area contributed by atoms with Crippen LogP contribution in [0, 0.1) is 0 Å². The zero-order valence-electron chi connectivity index (χ0n) is 18.4. The number of carbonyl (C=O) groups excluding carboxylic acids is 1. The van der Waals surface area contributed by atoms with Crippen LogP contribution in [0.4, 0.5) is 0 Å². The molecule has 2 aliphatic rings. The normalized spacial score (nSPS) is 21.5. The number of likely N-dealkylation sites (tertiary alicyclic amines) is 2. The Morgan fingerprint density at radius 2 is 1.93 bits per heavy atom. The first-order chi connectivity index (χ1) is 14.0. The summed E-state index contributed by atoms with van der Waals surface area (Å²) in [6.07, 6.45) is 4.51. The Morgan fingerprint density at radius 1 is 1.17 bits per heavy atom. The van der Waals surface area contributed by atoms with Crippen LogP contribution in [0.5, 0.6) is 11.5 Å². The summed E-state index contributed by atoms with van der Waals surface area (Å²) in [6, 6.07) is 6.50. The maximum atomic E-state index is 12.7. The van der Waals surface area contributed by atoms with E-state index in [1.165, 1.54) is 6.42 Å². The number of ether oxygens (including phenoxy) is 2. The molecule has 1 N–H and O–H groups in total. The molecule has 6 nitrogen and oxygen atoms in total. The highest BCUT2D eigenvalue weighted by atomic mass is 16.5. The van der Waals surface area contributed by atoms with Crippen molar-refractivity contribution in [3.8, 4) is 11.5 Å². The number of nitrogens with zero attached hydrogens (tertiary/aromatic N) is 2. The van der Waals surface area contributed by atoms with Crippen molar-refractivity contribution in [2.75, 3.05) is 39.8 Å². The van der Waals surface area contributed by atoms with E-state index in [-0.39, 0.29) is 12.0 Å². The summed E-state index contributed by atoms with van der Waals surface area (Å²) in [5.41, 5.74) is 0.626. The van der Waals surface area contributed by atoms with Crippen molar-refractivity contribution in [1.82, 2.24) is 15.1 Å². The molecule has 3 rings (SSSR count). The Morgan fingerprint density at radius 3 is 2.59 bits per heavy atom. The van der Waals surface area contributed by atoms with Gasteiger partial charge in [-0.1, -0.05) is 6.92 Å². The molecule has 6 heteroatoms. The lowest BCUT2D eigenvalue weighted by Gasteiger charge is -2.34. The predicted octanol–water partition coefficient (Wildman–Crippen LogP) is 3.16. The van der Waals surface area contributed by atoms with Gasteiger partial charge in [-0.3, -0.25) is 9.69 Å². The van der Waals surface area contributed by atoms with Gasteiger partial charge in [0.25, 0.3) is 5.91 Å². The van der Waals surface area contributed by atoms with Crippen LogP contribution in [0.25, 0.3) is 0 Å². The van der Waals surface area contributed by atoms with E-state index in [1.54, 1.807) is 7.11 Å². The molecule has 1 aromatic rings. The van der Waals surface area contributed by atoms with Gasteiger partial charge in [-0.25, -0.2) is 0 Å². The summed E-state index contributed by atoms with van der Waals surface area (Å²) in [5, 5.41) is 3.11. The largest absolute Gasteiger partial charge is 0.493 e. The van der Waals surface area contributed by atoms with Crippen molar-refractivity contribution >= 4 is 5.91 Å². The third-order valence-electron chi connectivity index (χ3n) is 6.33. The summed E-state index contributed by atoms with van der Waals surface area (Å²) in [5.74, 6) is 1.30. The molecule has 2 fully saturated rings. The van der Waals surface area contributed by atoms with Gasteiger partial charge in [0.05, 0.1) is 7.11 Å². The second-order valence-electron chi connectivity index (χ2n) is 8.45. The highest BCUT2D eigenvalue weighted by molar-refractivity contribution is 5.94. The molecule has 1 amide bonds. The maximum absolute atomic E-state index is 12.7. The molecule has 0 aromatic heterocycles. The molecule has 0 bridgehead atoms. The minimum atomic E-state index is -0.0462. The molecular formula is C23H37N3O3. The van der Waals surface area contributed by atoms with Crippen molar-refractivity contribution in [2.45, 2.75) is 64.6 Å². The first kappa shape index (κ1) is 21.9. The SMILES string of the molecule is CCN1CCCC1CNC(=O)c1ccc(OC)c(OC2CCN(C(C)C)CC2)c1. The van der Waals surface area contributed by atoms with E-state index < -0.39 is 0 Å². The number of benzene rings is 1. The molecule has 2 saturated heterocycles. The number of amides is 1. The lowest BCUT2D eigenvalue weighted by Crippen LogP contribution is -2.41. The second-order valence-corrected chi connectivity index (χ2v) is 8.45. The monoisotopic (exact) mass is 403 g/mol. The van der Waals surface area contributed by atoms with E-state index in [1.807, 2.05) is 18.2 Å². The van der Waals surface area contributed by atoms with Crippen LogP contribution >= 0.6 is 0 Å². The average molecular weight is 404 g/mol. The Bertz CT molecular complexity index is 671.